The van der Waals surface area contributed by atoms with Crippen LogP contribution in [0.5, 0.6) is 5.75 Å². The maximum absolute atomic E-state index is 13.0. The molecule has 1 unspecified atom stereocenters. The average Bonchev–Trinajstić information content (AvgIpc) is 3.91. The second-order valence-corrected chi connectivity index (χ2v) is 16.0. The van der Waals surface area contributed by atoms with Crippen LogP contribution in [-0.4, -0.2) is 119 Å². The zero-order chi connectivity index (χ0) is 41.3. The quantitative estimate of drug-likeness (QED) is 0.103. The van der Waals surface area contributed by atoms with Crippen molar-refractivity contribution in [3.8, 4) is 5.75 Å². The average molecular weight is 806 g/mol. The molecule has 5 amide bonds. The molecule has 3 fully saturated rings. The summed E-state index contributed by atoms with van der Waals surface area (Å²) in [6, 6.07) is 16.6. The first kappa shape index (κ1) is 41.3. The monoisotopic (exact) mass is 805 g/mol. The van der Waals surface area contributed by atoms with Gasteiger partial charge in [-0.3, -0.25) is 34.2 Å². The van der Waals surface area contributed by atoms with Crippen molar-refractivity contribution in [3.05, 3.63) is 77.6 Å². The summed E-state index contributed by atoms with van der Waals surface area (Å²) in [5.74, 6) is -0.199. The van der Waals surface area contributed by atoms with Gasteiger partial charge in [0.2, 0.25) is 17.8 Å². The lowest BCUT2D eigenvalue weighted by molar-refractivity contribution is -0.136. The van der Waals surface area contributed by atoms with Crippen molar-refractivity contribution in [1.29, 1.82) is 0 Å². The van der Waals surface area contributed by atoms with Gasteiger partial charge in [0, 0.05) is 82.1 Å². The van der Waals surface area contributed by atoms with Crippen LogP contribution in [0.25, 0.3) is 11.0 Å². The number of hydrogen-bond acceptors (Lipinski definition) is 10. The number of benzene rings is 2. The summed E-state index contributed by atoms with van der Waals surface area (Å²) in [5, 5.41) is 9.52. The highest BCUT2D eigenvalue weighted by molar-refractivity contribution is 6.01. The van der Waals surface area contributed by atoms with E-state index in [-0.39, 0.29) is 42.2 Å². The van der Waals surface area contributed by atoms with E-state index in [1.165, 1.54) is 0 Å². The third kappa shape index (κ3) is 10.4. The summed E-state index contributed by atoms with van der Waals surface area (Å²) in [5.41, 5.74) is 3.51. The van der Waals surface area contributed by atoms with E-state index in [0.717, 1.165) is 93.3 Å². The van der Waals surface area contributed by atoms with Crippen molar-refractivity contribution in [2.45, 2.75) is 76.2 Å². The number of nitrogens with zero attached hydrogens (tertiary/aromatic N) is 6. The van der Waals surface area contributed by atoms with E-state index in [1.807, 2.05) is 29.2 Å². The molecule has 1 aliphatic carbocycles. The smallest absolute Gasteiger partial charge is 0.270 e. The molecular weight excluding hydrogens is 751 g/mol. The van der Waals surface area contributed by atoms with Crippen LogP contribution in [0.15, 0.2) is 60.8 Å². The van der Waals surface area contributed by atoms with Crippen LogP contribution in [0.1, 0.15) is 103 Å². The molecule has 0 radical (unpaired) electrons. The zero-order valence-electron chi connectivity index (χ0n) is 34.1. The fourth-order valence-corrected chi connectivity index (χ4v) is 8.24. The van der Waals surface area contributed by atoms with E-state index in [9.17, 15) is 24.0 Å². The molecule has 1 atom stereocenters. The van der Waals surface area contributed by atoms with Gasteiger partial charge < -0.3 is 29.7 Å². The first-order valence-corrected chi connectivity index (χ1v) is 20.9. The Morgan fingerprint density at radius 3 is 2.42 bits per heavy atom. The maximum Gasteiger partial charge on any atom is 0.270 e. The van der Waals surface area contributed by atoms with Crippen molar-refractivity contribution in [2.75, 3.05) is 65.3 Å². The molecule has 2 aromatic heterocycles. The summed E-state index contributed by atoms with van der Waals surface area (Å²) in [6.45, 7) is 4.46. The van der Waals surface area contributed by atoms with Crippen molar-refractivity contribution in [3.63, 3.8) is 0 Å². The normalized spacial score (nSPS) is 17.5. The van der Waals surface area contributed by atoms with E-state index in [0.29, 0.717) is 55.4 Å². The van der Waals surface area contributed by atoms with Gasteiger partial charge in [0.05, 0.1) is 5.92 Å². The van der Waals surface area contributed by atoms with Crippen LogP contribution in [0, 0.1) is 0 Å². The van der Waals surface area contributed by atoms with Gasteiger partial charge in [-0.05, 0) is 86.7 Å². The number of fused-ring (bicyclic) bond motifs is 1. The molecule has 3 N–H and O–H groups in total. The van der Waals surface area contributed by atoms with Gasteiger partial charge in [0.25, 0.3) is 17.7 Å². The third-order valence-electron chi connectivity index (χ3n) is 11.6. The van der Waals surface area contributed by atoms with Gasteiger partial charge in [-0.1, -0.05) is 37.8 Å². The number of hydrogen-bond donors (Lipinski definition) is 3. The summed E-state index contributed by atoms with van der Waals surface area (Å²) in [4.78, 5) is 77.7. The van der Waals surface area contributed by atoms with Crippen LogP contribution in [0.3, 0.4) is 0 Å². The van der Waals surface area contributed by atoms with Gasteiger partial charge in [-0.15, -0.1) is 0 Å². The van der Waals surface area contributed by atoms with E-state index in [1.54, 1.807) is 55.5 Å². The van der Waals surface area contributed by atoms with Crippen molar-refractivity contribution in [2.24, 2.45) is 0 Å². The Balaban J connectivity index is 0.771. The molecular formula is C44H55N9O6. The highest BCUT2D eigenvalue weighted by atomic mass is 16.5. The predicted octanol–water partition coefficient (Wildman–Crippen LogP) is 5.03. The van der Waals surface area contributed by atoms with Crippen LogP contribution < -0.4 is 20.7 Å². The summed E-state index contributed by atoms with van der Waals surface area (Å²) in [7, 11) is 3.53. The Labute approximate surface area is 344 Å². The molecule has 15 heteroatoms. The Morgan fingerprint density at radius 2 is 1.68 bits per heavy atom. The molecule has 0 bridgehead atoms. The molecule has 2 saturated heterocycles. The van der Waals surface area contributed by atoms with Crippen LogP contribution in [0.2, 0.25) is 0 Å². The first-order valence-electron chi connectivity index (χ1n) is 20.9. The molecule has 3 aliphatic rings. The second kappa shape index (κ2) is 19.3. The number of rotatable bonds is 16. The van der Waals surface area contributed by atoms with E-state index < -0.39 is 5.92 Å². The molecule has 0 spiro atoms. The number of carbonyl (C=O) groups excluding carboxylic acids is 5. The third-order valence-corrected chi connectivity index (χ3v) is 11.6. The zero-order valence-corrected chi connectivity index (χ0v) is 34.1. The lowest BCUT2D eigenvalue weighted by atomic mass is 9.90. The number of piperidine rings is 1. The summed E-state index contributed by atoms with van der Waals surface area (Å²) < 4.78 is 7.90. The number of unbranched alkanes of at least 4 members (excludes halogenated alkanes) is 3. The highest BCUT2D eigenvalue weighted by Crippen LogP contribution is 2.35. The van der Waals surface area contributed by atoms with E-state index in [2.05, 4.69) is 30.4 Å². The SMILES string of the molecule is CN(C)C(=O)c1cc2cnc(Nc3ccc(C(=O)NCCCCCCN4CCN(C(=O)COc5cccc(C6CCC(=O)NC6=O)c5)CC4)cc3)nc2n1C1CCCC1. The Morgan fingerprint density at radius 1 is 0.915 bits per heavy atom. The van der Waals surface area contributed by atoms with Gasteiger partial charge in [-0.2, -0.15) is 4.98 Å². The fraction of sp³-hybridized carbons (Fsp3) is 0.477. The molecule has 59 heavy (non-hydrogen) atoms. The van der Waals surface area contributed by atoms with Crippen LogP contribution in [-0.2, 0) is 14.4 Å². The Hall–Kier alpha value is -5.83. The second-order valence-electron chi connectivity index (χ2n) is 16.0. The number of anilines is 2. The minimum Gasteiger partial charge on any atom is -0.484 e. The molecule has 1 saturated carbocycles. The minimum absolute atomic E-state index is 0.0456. The Bertz CT molecular complexity index is 2140. The lowest BCUT2D eigenvalue weighted by Gasteiger charge is -2.34. The molecule has 4 heterocycles. The maximum atomic E-state index is 13.0. The Kier molecular flexibility index (Phi) is 13.5. The number of ether oxygens (including phenoxy) is 1. The largest absolute Gasteiger partial charge is 0.484 e. The first-order chi connectivity index (χ1) is 28.6. The van der Waals surface area contributed by atoms with Gasteiger partial charge in [0.15, 0.2) is 6.61 Å². The van der Waals surface area contributed by atoms with Crippen molar-refractivity contribution < 1.29 is 28.7 Å². The molecule has 2 aromatic carbocycles. The lowest BCUT2D eigenvalue weighted by Crippen LogP contribution is -2.50. The molecule has 312 valence electrons. The molecule has 15 nitrogen and oxygen atoms in total. The van der Waals surface area contributed by atoms with Gasteiger partial charge in [0.1, 0.15) is 17.1 Å². The van der Waals surface area contributed by atoms with Gasteiger partial charge in [-0.25, -0.2) is 4.98 Å². The fourth-order valence-electron chi connectivity index (χ4n) is 8.24. The van der Waals surface area contributed by atoms with Crippen LogP contribution in [0.4, 0.5) is 11.6 Å². The highest BCUT2D eigenvalue weighted by Gasteiger charge is 2.29. The van der Waals surface area contributed by atoms with Crippen molar-refractivity contribution in [1.82, 2.24) is 39.9 Å². The summed E-state index contributed by atoms with van der Waals surface area (Å²) in [6.07, 6.45) is 10.9. The van der Waals surface area contributed by atoms with Crippen LogP contribution >= 0.6 is 0 Å². The number of imide groups is 1. The van der Waals surface area contributed by atoms with E-state index >= 15 is 0 Å². The van der Waals surface area contributed by atoms with Crippen molar-refractivity contribution >= 4 is 52.2 Å². The summed E-state index contributed by atoms with van der Waals surface area (Å²) >= 11 is 0. The van der Waals surface area contributed by atoms with Gasteiger partial charge >= 0.3 is 0 Å². The standard InChI is InChI=1S/C44H55N9O6/c1-50(2)43(58)37-27-32-28-46-44(49-40(32)53(37)34-11-5-6-12-34)47-33-16-14-30(15-17-33)41(56)45-20-7-3-4-8-21-51-22-24-52(25-23-51)39(55)29-59-35-13-9-10-31(26-35)36-18-19-38(54)48-42(36)57/h9-10,13-17,26-28,34,36H,3-8,11-12,18-25,29H2,1-2H3,(H,45,56)(H,46,47,49)(H,48,54,57). The number of nitrogens with one attached hydrogen (secondary N) is 3. The molecule has 2 aliphatic heterocycles. The predicted molar refractivity (Wildman–Crippen MR) is 224 cm³/mol. The molecule has 7 rings (SSSR count). The molecule has 4 aromatic rings. The minimum atomic E-state index is -0.399. The number of piperazine rings is 1. The number of amides is 5. The van der Waals surface area contributed by atoms with E-state index in [4.69, 9.17) is 9.72 Å². The topological polar surface area (TPSA) is 171 Å². The number of aromatic nitrogens is 3. The number of carbonyl (C=O) groups is 5.